The highest BCUT2D eigenvalue weighted by Gasteiger charge is 2.38. The quantitative estimate of drug-likeness (QED) is 0.313. The van der Waals surface area contributed by atoms with E-state index in [1.807, 2.05) is 18.2 Å². The molecule has 0 aliphatic carbocycles. The van der Waals surface area contributed by atoms with Crippen LogP contribution in [0.4, 0.5) is 13.2 Å². The molecule has 0 spiro atoms. The van der Waals surface area contributed by atoms with Crippen LogP contribution in [0.15, 0.2) is 77.6 Å². The van der Waals surface area contributed by atoms with Gasteiger partial charge in [0.1, 0.15) is 0 Å². The zero-order chi connectivity index (χ0) is 26.6. The van der Waals surface area contributed by atoms with E-state index in [9.17, 15) is 18.0 Å². The first-order valence-corrected chi connectivity index (χ1v) is 12.2. The van der Waals surface area contributed by atoms with Crippen LogP contribution in [0.3, 0.4) is 0 Å². The summed E-state index contributed by atoms with van der Waals surface area (Å²) >= 11 is 0. The minimum atomic E-state index is -4.75. The lowest BCUT2D eigenvalue weighted by atomic mass is 9.73. The first-order chi connectivity index (χ1) is 18.3. The molecule has 2 aromatic heterocycles. The van der Waals surface area contributed by atoms with E-state index in [0.717, 1.165) is 24.0 Å². The molecule has 1 fully saturated rings. The first-order valence-electron chi connectivity index (χ1n) is 12.2. The van der Waals surface area contributed by atoms with Gasteiger partial charge in [-0.3, -0.25) is 9.78 Å². The molecule has 10 heteroatoms. The molecular weight excluding hydrogens is 497 g/mol. The van der Waals surface area contributed by atoms with Crippen molar-refractivity contribution in [2.45, 2.75) is 24.4 Å². The van der Waals surface area contributed by atoms with Crippen molar-refractivity contribution in [3.63, 3.8) is 0 Å². The number of ether oxygens (including phenoxy) is 1. The molecule has 2 aromatic carbocycles. The van der Waals surface area contributed by atoms with Gasteiger partial charge in [0.25, 0.3) is 0 Å². The average molecular weight is 523 g/mol. The van der Waals surface area contributed by atoms with Crippen molar-refractivity contribution < 1.29 is 27.2 Å². The highest BCUT2D eigenvalue weighted by atomic mass is 19.4. The highest BCUT2D eigenvalue weighted by molar-refractivity contribution is 5.98. The van der Waals surface area contributed by atoms with E-state index in [1.54, 1.807) is 0 Å². The molecule has 0 unspecified atom stereocenters. The maximum Gasteiger partial charge on any atom is 0.471 e. The van der Waals surface area contributed by atoms with Crippen molar-refractivity contribution in [1.29, 1.82) is 0 Å². The van der Waals surface area contributed by atoms with E-state index in [4.69, 9.17) is 4.74 Å². The van der Waals surface area contributed by atoms with Crippen LogP contribution in [-0.2, 0) is 16.3 Å². The van der Waals surface area contributed by atoms with E-state index in [2.05, 4.69) is 61.4 Å². The molecule has 4 aromatic rings. The van der Waals surface area contributed by atoms with E-state index >= 15 is 0 Å². The normalized spacial score (nSPS) is 15.3. The number of carbonyl (C=O) groups excluding carboxylic acids is 1. The molecule has 0 amide bonds. The predicted octanol–water partition coefficient (Wildman–Crippen LogP) is 5.34. The van der Waals surface area contributed by atoms with E-state index in [-0.39, 0.29) is 34.7 Å². The summed E-state index contributed by atoms with van der Waals surface area (Å²) in [7, 11) is 0. The lowest BCUT2D eigenvalue weighted by molar-refractivity contribution is -0.159. The third-order valence-electron chi connectivity index (χ3n) is 6.77. The van der Waals surface area contributed by atoms with Gasteiger partial charge in [-0.05, 0) is 35.6 Å². The first kappa shape index (κ1) is 25.7. The Bertz CT molecular complexity index is 1400. The summed E-state index contributed by atoms with van der Waals surface area (Å²) in [6.07, 6.45) is -0.486. The van der Waals surface area contributed by atoms with Crippen LogP contribution in [0, 0.1) is 0 Å². The summed E-state index contributed by atoms with van der Waals surface area (Å²) in [6.45, 7) is 1.85. The van der Waals surface area contributed by atoms with Crippen LogP contribution in [-0.4, -0.2) is 47.2 Å². The SMILES string of the molecule is O=C(CNCC1(c2cccc(-c3ccccc3)c2)CCOCC1)c1cncc(-c2noc(C(F)(F)F)n2)c1. The third-order valence-corrected chi connectivity index (χ3v) is 6.77. The van der Waals surface area contributed by atoms with Crippen LogP contribution in [0.1, 0.15) is 34.7 Å². The number of carbonyl (C=O) groups is 1. The molecule has 0 radical (unpaired) electrons. The molecule has 1 aliphatic heterocycles. The number of Topliss-reactive ketones (excluding diaryl/α,β-unsaturated/α-hetero) is 1. The second-order valence-corrected chi connectivity index (χ2v) is 9.25. The molecule has 0 saturated carbocycles. The topological polar surface area (TPSA) is 90.1 Å². The minimum Gasteiger partial charge on any atom is -0.381 e. The predicted molar refractivity (Wildman–Crippen MR) is 133 cm³/mol. The fourth-order valence-electron chi connectivity index (χ4n) is 4.68. The summed E-state index contributed by atoms with van der Waals surface area (Å²) < 4.78 is 48.3. The second-order valence-electron chi connectivity index (χ2n) is 9.25. The van der Waals surface area contributed by atoms with Gasteiger partial charge in [-0.15, -0.1) is 0 Å². The fraction of sp³-hybridized carbons (Fsp3) is 0.286. The summed E-state index contributed by atoms with van der Waals surface area (Å²) in [6, 6.07) is 20.0. The van der Waals surface area contributed by atoms with Gasteiger partial charge in [0.2, 0.25) is 5.82 Å². The van der Waals surface area contributed by atoms with Gasteiger partial charge < -0.3 is 14.6 Å². The summed E-state index contributed by atoms with van der Waals surface area (Å²) in [5.41, 5.74) is 3.64. The molecule has 1 saturated heterocycles. The molecule has 3 heterocycles. The lowest BCUT2D eigenvalue weighted by Gasteiger charge is -2.38. The number of ketones is 1. The van der Waals surface area contributed by atoms with Crippen LogP contribution in [0.5, 0.6) is 0 Å². The van der Waals surface area contributed by atoms with Crippen molar-refractivity contribution in [3.8, 4) is 22.5 Å². The van der Waals surface area contributed by atoms with Gasteiger partial charge in [0.15, 0.2) is 5.78 Å². The van der Waals surface area contributed by atoms with Crippen molar-refractivity contribution in [1.82, 2.24) is 20.4 Å². The molecule has 0 atom stereocenters. The van der Waals surface area contributed by atoms with Gasteiger partial charge in [0, 0.05) is 48.7 Å². The molecule has 196 valence electrons. The van der Waals surface area contributed by atoms with Gasteiger partial charge in [0.05, 0.1) is 6.54 Å². The van der Waals surface area contributed by atoms with Crippen molar-refractivity contribution in [2.75, 3.05) is 26.3 Å². The number of alkyl halides is 3. The maximum atomic E-state index is 12.9. The molecule has 7 nitrogen and oxygen atoms in total. The van der Waals surface area contributed by atoms with Crippen molar-refractivity contribution in [3.05, 3.63) is 90.1 Å². The van der Waals surface area contributed by atoms with Crippen LogP contribution >= 0.6 is 0 Å². The monoisotopic (exact) mass is 522 g/mol. The number of halogens is 3. The number of nitrogens with zero attached hydrogens (tertiary/aromatic N) is 3. The Hall–Kier alpha value is -3.89. The summed E-state index contributed by atoms with van der Waals surface area (Å²) in [5.74, 6) is -1.99. The zero-order valence-corrected chi connectivity index (χ0v) is 20.4. The largest absolute Gasteiger partial charge is 0.471 e. The molecule has 1 aliphatic rings. The lowest BCUT2D eigenvalue weighted by Crippen LogP contribution is -2.44. The fourth-order valence-corrected chi connectivity index (χ4v) is 4.68. The molecule has 0 bridgehead atoms. The standard InChI is InChI=1S/C28H25F3N4O3/c29-28(30,31)26-34-25(35-38-26)22-13-21(15-32-16-22)24(36)17-33-18-27(9-11-37-12-10-27)23-8-4-7-20(14-23)19-5-2-1-3-6-19/h1-8,13-16,33H,9-12,17-18H2. The number of rotatable bonds is 8. The van der Waals surface area contributed by atoms with Gasteiger partial charge in [-0.1, -0.05) is 59.8 Å². The van der Waals surface area contributed by atoms with E-state index in [1.165, 1.54) is 24.0 Å². The van der Waals surface area contributed by atoms with Gasteiger partial charge in [-0.25, -0.2) is 0 Å². The molecular formula is C28H25F3N4O3. The van der Waals surface area contributed by atoms with Crippen molar-refractivity contribution in [2.24, 2.45) is 0 Å². The summed E-state index contributed by atoms with van der Waals surface area (Å²) in [4.78, 5) is 20.3. The minimum absolute atomic E-state index is 0.0339. The number of benzene rings is 2. The Morgan fingerprint density at radius 3 is 2.45 bits per heavy atom. The number of pyridine rings is 1. The number of nitrogens with one attached hydrogen (secondary N) is 1. The maximum absolute atomic E-state index is 12.9. The van der Waals surface area contributed by atoms with Crippen LogP contribution < -0.4 is 5.32 Å². The van der Waals surface area contributed by atoms with Gasteiger partial charge >= 0.3 is 12.1 Å². The Balaban J connectivity index is 1.29. The highest BCUT2D eigenvalue weighted by Crippen LogP contribution is 2.36. The number of hydrogen-bond acceptors (Lipinski definition) is 7. The Kier molecular flexibility index (Phi) is 7.35. The Labute approximate surface area is 217 Å². The molecule has 38 heavy (non-hydrogen) atoms. The van der Waals surface area contributed by atoms with Crippen molar-refractivity contribution >= 4 is 5.78 Å². The summed E-state index contributed by atoms with van der Waals surface area (Å²) in [5, 5.41) is 6.67. The van der Waals surface area contributed by atoms with E-state index in [0.29, 0.717) is 19.8 Å². The number of hydrogen-bond donors (Lipinski definition) is 1. The molecule has 1 N–H and O–H groups in total. The van der Waals surface area contributed by atoms with Gasteiger partial charge in [-0.2, -0.15) is 18.2 Å². The Morgan fingerprint density at radius 1 is 0.947 bits per heavy atom. The molecule has 5 rings (SSSR count). The van der Waals surface area contributed by atoms with E-state index < -0.39 is 12.1 Å². The van der Waals surface area contributed by atoms with Crippen LogP contribution in [0.25, 0.3) is 22.5 Å². The number of aromatic nitrogens is 3. The smallest absolute Gasteiger partial charge is 0.381 e. The Morgan fingerprint density at radius 2 is 1.71 bits per heavy atom. The zero-order valence-electron chi connectivity index (χ0n) is 20.4. The average Bonchev–Trinajstić information content (AvgIpc) is 3.46. The third kappa shape index (κ3) is 5.66. The second kappa shape index (κ2) is 10.8. The van der Waals surface area contributed by atoms with Crippen LogP contribution in [0.2, 0.25) is 0 Å².